The first-order chi connectivity index (χ1) is 11.5. The largest absolute Gasteiger partial charge is 0.471 e. The fourth-order valence-corrected chi connectivity index (χ4v) is 2.59. The van der Waals surface area contributed by atoms with E-state index in [0.29, 0.717) is 19.0 Å². The molecule has 1 aliphatic rings. The Balaban J connectivity index is 1.70. The van der Waals surface area contributed by atoms with Gasteiger partial charge >= 0.3 is 5.69 Å². The Bertz CT molecular complexity index is 814. The van der Waals surface area contributed by atoms with Crippen molar-refractivity contribution in [3.8, 4) is 5.88 Å². The quantitative estimate of drug-likeness (QED) is 0.806. The number of likely N-dealkylation sites (tertiary alicyclic amines) is 1. The van der Waals surface area contributed by atoms with Gasteiger partial charge in [-0.3, -0.25) is 14.6 Å². The van der Waals surface area contributed by atoms with Gasteiger partial charge in [0.05, 0.1) is 12.2 Å². The van der Waals surface area contributed by atoms with Crippen molar-refractivity contribution < 1.29 is 9.53 Å². The van der Waals surface area contributed by atoms with Crippen LogP contribution in [0.25, 0.3) is 0 Å². The first-order valence-corrected chi connectivity index (χ1v) is 7.61. The number of aryl methyl sites for hydroxylation is 1. The second-order valence-electron chi connectivity index (χ2n) is 5.65. The topological polar surface area (TPSA) is 121 Å². The summed E-state index contributed by atoms with van der Waals surface area (Å²) in [5.74, 6) is 0.00551. The average Bonchev–Trinajstić information content (AvgIpc) is 2.56. The summed E-state index contributed by atoms with van der Waals surface area (Å²) in [6, 6.07) is 4.62. The van der Waals surface area contributed by atoms with Crippen LogP contribution in [-0.4, -0.2) is 50.2 Å². The first kappa shape index (κ1) is 15.9. The standard InChI is InChI=1S/C15H17N5O4/c1-9-4-5-13(19-18-9)24-10-3-2-6-20(8-10)14(22)11-7-12(21)17-15(23)16-11/h4-5,7,10H,2-3,6,8H2,1H3,(H2,16,17,21,23). The van der Waals surface area contributed by atoms with Crippen LogP contribution in [0.5, 0.6) is 5.88 Å². The smallest absolute Gasteiger partial charge is 0.326 e. The molecule has 1 unspecified atom stereocenters. The molecule has 2 N–H and O–H groups in total. The molecule has 1 fully saturated rings. The molecule has 24 heavy (non-hydrogen) atoms. The van der Waals surface area contributed by atoms with Crippen molar-refractivity contribution in [3.05, 3.63) is 50.4 Å². The van der Waals surface area contributed by atoms with Gasteiger partial charge in [-0.05, 0) is 25.8 Å². The van der Waals surface area contributed by atoms with Crippen LogP contribution in [0.2, 0.25) is 0 Å². The molecule has 3 heterocycles. The molecule has 3 rings (SSSR count). The number of rotatable bonds is 3. The number of amides is 1. The van der Waals surface area contributed by atoms with Crippen LogP contribution in [0.1, 0.15) is 29.0 Å². The number of piperidine rings is 1. The fraction of sp³-hybridized carbons (Fsp3) is 0.400. The number of hydrogen-bond donors (Lipinski definition) is 2. The highest BCUT2D eigenvalue weighted by atomic mass is 16.5. The summed E-state index contributed by atoms with van der Waals surface area (Å²) in [5.41, 5.74) is -0.548. The van der Waals surface area contributed by atoms with Gasteiger partial charge in [0.2, 0.25) is 5.88 Å². The third-order valence-corrected chi connectivity index (χ3v) is 3.72. The molecule has 0 spiro atoms. The van der Waals surface area contributed by atoms with Gasteiger partial charge in [-0.25, -0.2) is 4.79 Å². The van der Waals surface area contributed by atoms with Gasteiger partial charge in [-0.1, -0.05) is 0 Å². The normalized spacial score (nSPS) is 17.5. The van der Waals surface area contributed by atoms with Crippen LogP contribution < -0.4 is 16.0 Å². The summed E-state index contributed by atoms with van der Waals surface area (Å²) < 4.78 is 5.77. The van der Waals surface area contributed by atoms with Crippen molar-refractivity contribution in [3.63, 3.8) is 0 Å². The molecule has 126 valence electrons. The molecule has 0 saturated carbocycles. The minimum Gasteiger partial charge on any atom is -0.471 e. The van der Waals surface area contributed by atoms with Gasteiger partial charge < -0.3 is 14.6 Å². The van der Waals surface area contributed by atoms with E-state index >= 15 is 0 Å². The lowest BCUT2D eigenvalue weighted by molar-refractivity contribution is 0.0519. The van der Waals surface area contributed by atoms with Crippen molar-refractivity contribution in [2.24, 2.45) is 0 Å². The van der Waals surface area contributed by atoms with Gasteiger partial charge in [0, 0.05) is 18.7 Å². The Kier molecular flexibility index (Phi) is 4.41. The van der Waals surface area contributed by atoms with Gasteiger partial charge in [0.15, 0.2) is 0 Å². The number of carbonyl (C=O) groups excluding carboxylic acids is 1. The number of nitrogens with one attached hydrogen (secondary N) is 2. The number of carbonyl (C=O) groups is 1. The Labute approximate surface area is 136 Å². The SMILES string of the molecule is Cc1ccc(OC2CCCN(C(=O)c3cc(=O)[nH]c(=O)[nH]3)C2)nn1. The van der Waals surface area contributed by atoms with E-state index in [0.717, 1.165) is 24.6 Å². The summed E-state index contributed by atoms with van der Waals surface area (Å²) >= 11 is 0. The van der Waals surface area contributed by atoms with Gasteiger partial charge in [0.25, 0.3) is 11.5 Å². The third-order valence-electron chi connectivity index (χ3n) is 3.72. The fourth-order valence-electron chi connectivity index (χ4n) is 2.59. The maximum Gasteiger partial charge on any atom is 0.326 e. The molecule has 2 aromatic rings. The Morgan fingerprint density at radius 3 is 2.83 bits per heavy atom. The average molecular weight is 331 g/mol. The van der Waals surface area contributed by atoms with Crippen LogP contribution in [0, 0.1) is 6.92 Å². The monoisotopic (exact) mass is 331 g/mol. The number of hydrogen-bond acceptors (Lipinski definition) is 6. The summed E-state index contributed by atoms with van der Waals surface area (Å²) in [5, 5.41) is 7.89. The van der Waals surface area contributed by atoms with Crippen LogP contribution in [0.4, 0.5) is 0 Å². The minimum absolute atomic E-state index is 0.0282. The summed E-state index contributed by atoms with van der Waals surface area (Å²) in [6.45, 7) is 2.72. The van der Waals surface area contributed by atoms with Crippen LogP contribution in [0.15, 0.2) is 27.8 Å². The highest BCUT2D eigenvalue weighted by Gasteiger charge is 2.26. The van der Waals surface area contributed by atoms with E-state index in [-0.39, 0.29) is 11.8 Å². The van der Waals surface area contributed by atoms with E-state index in [1.165, 1.54) is 0 Å². The molecule has 1 saturated heterocycles. The molecule has 1 amide bonds. The van der Waals surface area contributed by atoms with Crippen molar-refractivity contribution in [2.45, 2.75) is 25.9 Å². The molecule has 9 heteroatoms. The van der Waals surface area contributed by atoms with Crippen LogP contribution in [-0.2, 0) is 0 Å². The van der Waals surface area contributed by atoms with Gasteiger partial charge in [0.1, 0.15) is 11.8 Å². The zero-order valence-corrected chi connectivity index (χ0v) is 13.1. The van der Waals surface area contributed by atoms with E-state index in [2.05, 4.69) is 15.2 Å². The number of aromatic amines is 2. The van der Waals surface area contributed by atoms with E-state index in [1.54, 1.807) is 17.0 Å². The molecule has 0 aromatic carbocycles. The van der Waals surface area contributed by atoms with Gasteiger partial charge in [-0.15, -0.1) is 5.10 Å². The second kappa shape index (κ2) is 6.65. The second-order valence-corrected chi connectivity index (χ2v) is 5.65. The number of aromatic nitrogens is 4. The minimum atomic E-state index is -0.703. The molecular weight excluding hydrogens is 314 g/mol. The summed E-state index contributed by atoms with van der Waals surface area (Å²) in [6.07, 6.45) is 1.32. The Morgan fingerprint density at radius 1 is 1.29 bits per heavy atom. The van der Waals surface area contributed by atoms with Crippen molar-refractivity contribution in [1.29, 1.82) is 0 Å². The lowest BCUT2D eigenvalue weighted by atomic mass is 10.1. The maximum absolute atomic E-state index is 12.5. The highest BCUT2D eigenvalue weighted by molar-refractivity contribution is 5.92. The van der Waals surface area contributed by atoms with E-state index in [1.807, 2.05) is 11.9 Å². The number of ether oxygens (including phenoxy) is 1. The van der Waals surface area contributed by atoms with Crippen molar-refractivity contribution >= 4 is 5.91 Å². The maximum atomic E-state index is 12.5. The molecular formula is C15H17N5O4. The van der Waals surface area contributed by atoms with Crippen molar-refractivity contribution in [2.75, 3.05) is 13.1 Å². The van der Waals surface area contributed by atoms with E-state index in [4.69, 9.17) is 4.74 Å². The number of H-pyrrole nitrogens is 2. The lowest BCUT2D eigenvalue weighted by Gasteiger charge is -2.32. The summed E-state index contributed by atoms with van der Waals surface area (Å²) in [4.78, 5) is 41.1. The predicted octanol–water partition coefficient (Wildman–Crippen LogP) is -0.155. The highest BCUT2D eigenvalue weighted by Crippen LogP contribution is 2.17. The molecule has 0 radical (unpaired) electrons. The zero-order chi connectivity index (χ0) is 17.1. The Hall–Kier alpha value is -2.97. The molecule has 2 aromatic heterocycles. The van der Waals surface area contributed by atoms with E-state index < -0.39 is 17.2 Å². The molecule has 0 aliphatic carbocycles. The molecule has 1 aliphatic heterocycles. The lowest BCUT2D eigenvalue weighted by Crippen LogP contribution is -2.45. The first-order valence-electron chi connectivity index (χ1n) is 7.61. The third kappa shape index (κ3) is 3.67. The Morgan fingerprint density at radius 2 is 2.12 bits per heavy atom. The van der Waals surface area contributed by atoms with Crippen LogP contribution >= 0.6 is 0 Å². The molecule has 9 nitrogen and oxygen atoms in total. The summed E-state index contributed by atoms with van der Waals surface area (Å²) in [7, 11) is 0. The zero-order valence-electron chi connectivity index (χ0n) is 13.1. The predicted molar refractivity (Wildman–Crippen MR) is 84.0 cm³/mol. The van der Waals surface area contributed by atoms with Crippen molar-refractivity contribution in [1.82, 2.24) is 25.1 Å². The van der Waals surface area contributed by atoms with Gasteiger partial charge in [-0.2, -0.15) is 5.10 Å². The van der Waals surface area contributed by atoms with Crippen LogP contribution in [0.3, 0.4) is 0 Å². The number of nitrogens with zero attached hydrogens (tertiary/aromatic N) is 3. The molecule has 0 bridgehead atoms. The van der Waals surface area contributed by atoms with E-state index in [9.17, 15) is 14.4 Å². The molecule has 1 atom stereocenters.